The molecule has 6 heteroatoms. The molecule has 1 rings (SSSR count). The molecule has 0 saturated carbocycles. The molecule has 16 heavy (non-hydrogen) atoms. The topological polar surface area (TPSA) is 52.4 Å². The van der Waals surface area contributed by atoms with Gasteiger partial charge in [-0.1, -0.05) is 36.5 Å². The van der Waals surface area contributed by atoms with Crippen molar-refractivity contribution >= 4 is 28.9 Å². The van der Waals surface area contributed by atoms with Crippen LogP contribution >= 0.6 is 23.2 Å². The molecule has 0 unspecified atom stereocenters. The normalized spacial score (nSPS) is 10.2. The van der Waals surface area contributed by atoms with E-state index in [-0.39, 0.29) is 15.7 Å². The first-order valence-corrected chi connectivity index (χ1v) is 5.58. The molecule has 0 bridgehead atoms. The molecule has 4 nitrogen and oxygen atoms in total. The van der Waals surface area contributed by atoms with Crippen molar-refractivity contribution in [2.24, 2.45) is 0 Å². The Morgan fingerprint density at radius 1 is 1.44 bits per heavy atom. The van der Waals surface area contributed by atoms with Gasteiger partial charge in [-0.05, 0) is 18.6 Å². The Morgan fingerprint density at radius 2 is 2.12 bits per heavy atom. The van der Waals surface area contributed by atoms with E-state index in [2.05, 4.69) is 0 Å². The quantitative estimate of drug-likeness (QED) is 0.457. The first-order valence-electron chi connectivity index (χ1n) is 4.83. The van der Waals surface area contributed by atoms with Gasteiger partial charge in [-0.2, -0.15) is 0 Å². The van der Waals surface area contributed by atoms with E-state index in [1.54, 1.807) is 0 Å². The van der Waals surface area contributed by atoms with Gasteiger partial charge in [0.2, 0.25) is 0 Å². The number of halogens is 2. The number of hydrogen-bond acceptors (Lipinski definition) is 3. The lowest BCUT2D eigenvalue weighted by Crippen LogP contribution is -1.99. The lowest BCUT2D eigenvalue weighted by Gasteiger charge is -2.07. The van der Waals surface area contributed by atoms with Crippen molar-refractivity contribution in [2.45, 2.75) is 19.8 Å². The van der Waals surface area contributed by atoms with Gasteiger partial charge < -0.3 is 4.74 Å². The fourth-order valence-electron chi connectivity index (χ4n) is 1.13. The van der Waals surface area contributed by atoms with Gasteiger partial charge in [-0.3, -0.25) is 10.1 Å². The maximum Gasteiger partial charge on any atom is 0.310 e. The van der Waals surface area contributed by atoms with Crippen molar-refractivity contribution in [3.8, 4) is 5.75 Å². The molecule has 0 saturated heterocycles. The molecule has 0 aliphatic rings. The molecule has 0 spiro atoms. The minimum Gasteiger partial charge on any atom is -0.492 e. The number of ether oxygens (including phenoxy) is 1. The van der Waals surface area contributed by atoms with E-state index < -0.39 is 4.92 Å². The zero-order chi connectivity index (χ0) is 12.1. The van der Waals surface area contributed by atoms with Crippen LogP contribution in [0.5, 0.6) is 5.75 Å². The summed E-state index contributed by atoms with van der Waals surface area (Å²) < 4.78 is 5.33. The Hall–Kier alpha value is -1.00. The highest BCUT2D eigenvalue weighted by Gasteiger charge is 2.21. The van der Waals surface area contributed by atoms with Gasteiger partial charge in [0, 0.05) is 0 Å². The number of nitrogens with zero attached hydrogens (tertiary/aromatic N) is 1. The van der Waals surface area contributed by atoms with Crippen molar-refractivity contribution in [1.29, 1.82) is 0 Å². The highest BCUT2D eigenvalue weighted by Crippen LogP contribution is 2.39. The van der Waals surface area contributed by atoms with Crippen LogP contribution in [-0.4, -0.2) is 11.5 Å². The van der Waals surface area contributed by atoms with Gasteiger partial charge in [-0.25, -0.2) is 0 Å². The zero-order valence-electron chi connectivity index (χ0n) is 8.70. The van der Waals surface area contributed by atoms with E-state index >= 15 is 0 Å². The molecule has 88 valence electrons. The smallest absolute Gasteiger partial charge is 0.310 e. The van der Waals surface area contributed by atoms with Gasteiger partial charge in [0.1, 0.15) is 10.8 Å². The van der Waals surface area contributed by atoms with Crippen LogP contribution in [-0.2, 0) is 0 Å². The van der Waals surface area contributed by atoms with Crippen LogP contribution in [0.2, 0.25) is 10.0 Å². The van der Waals surface area contributed by atoms with Crippen LogP contribution in [0.25, 0.3) is 0 Å². The summed E-state index contributed by atoms with van der Waals surface area (Å²) in [5.74, 6) is 0.297. The van der Waals surface area contributed by atoms with E-state index in [1.807, 2.05) is 6.92 Å². The maximum atomic E-state index is 10.7. The summed E-state index contributed by atoms with van der Waals surface area (Å²) in [7, 11) is 0. The molecule has 0 aliphatic carbocycles. The summed E-state index contributed by atoms with van der Waals surface area (Å²) in [5.41, 5.74) is -0.308. The highest BCUT2D eigenvalue weighted by atomic mass is 35.5. The first-order chi connectivity index (χ1) is 7.57. The Labute approximate surface area is 103 Å². The lowest BCUT2D eigenvalue weighted by molar-refractivity contribution is -0.384. The fourth-order valence-corrected chi connectivity index (χ4v) is 1.69. The maximum absolute atomic E-state index is 10.7. The molecule has 0 heterocycles. The van der Waals surface area contributed by atoms with Crippen LogP contribution in [0.1, 0.15) is 19.8 Å². The van der Waals surface area contributed by atoms with Crippen LogP contribution < -0.4 is 4.74 Å². The number of benzene rings is 1. The molecule has 0 amide bonds. The highest BCUT2D eigenvalue weighted by molar-refractivity contribution is 6.39. The molecule has 0 aliphatic heterocycles. The zero-order valence-corrected chi connectivity index (χ0v) is 10.2. The molecule has 0 atom stereocenters. The second-order valence-corrected chi connectivity index (χ2v) is 3.95. The minimum absolute atomic E-state index is 0.0119. The average molecular weight is 264 g/mol. The molecular weight excluding hydrogens is 253 g/mol. The van der Waals surface area contributed by atoms with E-state index in [0.29, 0.717) is 12.4 Å². The monoisotopic (exact) mass is 263 g/mol. The standard InChI is InChI=1S/C10H11Cl2NO3/c1-2-3-6-16-8-5-4-7(11)10(9(8)12)13(14)15/h4-5H,2-3,6H2,1H3. The third kappa shape index (κ3) is 3.00. The van der Waals surface area contributed by atoms with Gasteiger partial charge >= 0.3 is 5.69 Å². The SMILES string of the molecule is CCCCOc1ccc(Cl)c([N+](=O)[O-])c1Cl. The average Bonchev–Trinajstić information content (AvgIpc) is 2.21. The van der Waals surface area contributed by atoms with Crippen LogP contribution in [0, 0.1) is 10.1 Å². The van der Waals surface area contributed by atoms with Crippen molar-refractivity contribution in [3.63, 3.8) is 0 Å². The molecular formula is C10H11Cl2NO3. The van der Waals surface area contributed by atoms with Crippen molar-refractivity contribution < 1.29 is 9.66 Å². The van der Waals surface area contributed by atoms with Crippen molar-refractivity contribution in [1.82, 2.24) is 0 Å². The van der Waals surface area contributed by atoms with Crippen LogP contribution in [0.15, 0.2) is 12.1 Å². The molecule has 0 N–H and O–H groups in total. The number of hydrogen-bond donors (Lipinski definition) is 0. The van der Waals surface area contributed by atoms with E-state index in [4.69, 9.17) is 27.9 Å². The molecule has 1 aromatic carbocycles. The molecule has 0 fully saturated rings. The number of nitro groups is 1. The second-order valence-electron chi connectivity index (χ2n) is 3.17. The number of rotatable bonds is 5. The lowest BCUT2D eigenvalue weighted by atomic mass is 10.3. The first kappa shape index (κ1) is 13.1. The largest absolute Gasteiger partial charge is 0.492 e. The fraction of sp³-hybridized carbons (Fsp3) is 0.400. The Kier molecular flexibility index (Phi) is 4.83. The summed E-state index contributed by atoms with van der Waals surface area (Å²) in [5, 5.41) is 10.7. The summed E-state index contributed by atoms with van der Waals surface area (Å²) in [6.45, 7) is 2.50. The molecule has 1 aromatic rings. The van der Waals surface area contributed by atoms with Crippen molar-refractivity contribution in [3.05, 3.63) is 32.3 Å². The number of nitro benzene ring substituents is 1. The summed E-state index contributed by atoms with van der Waals surface area (Å²) >= 11 is 11.5. The third-order valence-corrected chi connectivity index (χ3v) is 2.64. The van der Waals surface area contributed by atoms with Crippen LogP contribution in [0.3, 0.4) is 0 Å². The Balaban J connectivity index is 2.95. The molecule has 0 aromatic heterocycles. The van der Waals surface area contributed by atoms with Gasteiger partial charge in [0.25, 0.3) is 0 Å². The van der Waals surface area contributed by atoms with Crippen molar-refractivity contribution in [2.75, 3.05) is 6.61 Å². The minimum atomic E-state index is -0.614. The Bertz CT molecular complexity index is 396. The summed E-state index contributed by atoms with van der Waals surface area (Å²) in [6, 6.07) is 2.94. The van der Waals surface area contributed by atoms with E-state index in [9.17, 15) is 10.1 Å². The van der Waals surface area contributed by atoms with Gasteiger partial charge in [0.15, 0.2) is 5.02 Å². The summed E-state index contributed by atoms with van der Waals surface area (Å²) in [6.07, 6.45) is 1.85. The van der Waals surface area contributed by atoms with Crippen LogP contribution in [0.4, 0.5) is 5.69 Å². The third-order valence-electron chi connectivity index (χ3n) is 1.97. The van der Waals surface area contributed by atoms with Gasteiger partial charge in [-0.15, -0.1) is 0 Å². The Morgan fingerprint density at radius 3 is 2.69 bits per heavy atom. The molecule has 0 radical (unpaired) electrons. The summed E-state index contributed by atoms with van der Waals surface area (Å²) in [4.78, 5) is 10.1. The predicted octanol–water partition coefficient (Wildman–Crippen LogP) is 4.08. The van der Waals surface area contributed by atoms with E-state index in [1.165, 1.54) is 12.1 Å². The van der Waals surface area contributed by atoms with E-state index in [0.717, 1.165) is 12.8 Å². The number of unbranched alkanes of at least 4 members (excludes halogenated alkanes) is 1. The second kappa shape index (κ2) is 5.92. The van der Waals surface area contributed by atoms with Gasteiger partial charge in [0.05, 0.1) is 11.5 Å². The predicted molar refractivity (Wildman–Crippen MR) is 63.5 cm³/mol.